The molecular weight excluding hydrogens is 280 g/mol. The summed E-state index contributed by atoms with van der Waals surface area (Å²) < 4.78 is -0.798. The Balaban J connectivity index is 2.42. The van der Waals surface area contributed by atoms with E-state index in [9.17, 15) is 4.79 Å². The Bertz CT molecular complexity index is 628. The van der Waals surface area contributed by atoms with Crippen LogP contribution in [0.25, 0.3) is 0 Å². The van der Waals surface area contributed by atoms with Crippen LogP contribution in [0.3, 0.4) is 0 Å². The second-order valence-corrected chi connectivity index (χ2v) is 6.75. The Morgan fingerprint density at radius 1 is 1.10 bits per heavy atom. The molecule has 0 heterocycles. The fraction of sp³-hybridized carbons (Fsp3) is 0.235. The topological polar surface area (TPSA) is 46.3 Å². The van der Waals surface area contributed by atoms with Crippen LogP contribution in [0.15, 0.2) is 59.5 Å². The second kappa shape index (κ2) is 6.22. The van der Waals surface area contributed by atoms with Crippen LogP contribution >= 0.6 is 11.8 Å². The third kappa shape index (κ3) is 3.39. The van der Waals surface area contributed by atoms with Gasteiger partial charge in [0.25, 0.3) is 0 Å². The summed E-state index contributed by atoms with van der Waals surface area (Å²) in [6.45, 7) is 1.88. The van der Waals surface area contributed by atoms with Gasteiger partial charge in [-0.15, -0.1) is 11.8 Å². The van der Waals surface area contributed by atoms with Crippen LogP contribution in [0.1, 0.15) is 12.5 Å². The van der Waals surface area contributed by atoms with E-state index >= 15 is 0 Å². The van der Waals surface area contributed by atoms with E-state index in [0.29, 0.717) is 0 Å². The molecular formula is C17H20N2OS. The van der Waals surface area contributed by atoms with Gasteiger partial charge in [0, 0.05) is 24.7 Å². The van der Waals surface area contributed by atoms with Crippen molar-refractivity contribution in [3.63, 3.8) is 0 Å². The fourth-order valence-electron chi connectivity index (χ4n) is 2.06. The standard InChI is InChI=1S/C17H20N2OS/c1-17(16(18)20,21-15-10-5-4-6-11-15)13-8-7-9-14(12-13)19(2)3/h4-12H,1-3H3,(H2,18,20). The van der Waals surface area contributed by atoms with Crippen molar-refractivity contribution in [1.82, 2.24) is 0 Å². The largest absolute Gasteiger partial charge is 0.378 e. The van der Waals surface area contributed by atoms with Gasteiger partial charge >= 0.3 is 0 Å². The van der Waals surface area contributed by atoms with Gasteiger partial charge in [-0.05, 0) is 36.8 Å². The number of amides is 1. The van der Waals surface area contributed by atoms with Crippen molar-refractivity contribution in [3.8, 4) is 0 Å². The maximum absolute atomic E-state index is 12.1. The Labute approximate surface area is 130 Å². The fourth-order valence-corrected chi connectivity index (χ4v) is 3.17. The van der Waals surface area contributed by atoms with Gasteiger partial charge in [0.2, 0.25) is 5.91 Å². The molecule has 21 heavy (non-hydrogen) atoms. The summed E-state index contributed by atoms with van der Waals surface area (Å²) in [5, 5.41) is 0. The molecule has 1 unspecified atom stereocenters. The first-order valence-electron chi connectivity index (χ1n) is 6.75. The molecule has 4 heteroatoms. The molecule has 1 amide bonds. The number of thioether (sulfide) groups is 1. The zero-order valence-electron chi connectivity index (χ0n) is 12.5. The number of benzene rings is 2. The summed E-state index contributed by atoms with van der Waals surface area (Å²) in [4.78, 5) is 15.1. The minimum absolute atomic E-state index is 0.341. The van der Waals surface area contributed by atoms with E-state index in [-0.39, 0.29) is 5.91 Å². The molecule has 110 valence electrons. The summed E-state index contributed by atoms with van der Waals surface area (Å²) in [5.74, 6) is -0.341. The average molecular weight is 300 g/mol. The number of carbonyl (C=O) groups excluding carboxylic acids is 1. The van der Waals surface area contributed by atoms with Crippen LogP contribution in [0, 0.1) is 0 Å². The molecule has 0 saturated carbocycles. The maximum atomic E-state index is 12.1. The van der Waals surface area contributed by atoms with Crippen LogP contribution < -0.4 is 10.6 Å². The highest BCUT2D eigenvalue weighted by molar-refractivity contribution is 8.01. The van der Waals surface area contributed by atoms with E-state index in [1.165, 1.54) is 11.8 Å². The molecule has 1 atom stereocenters. The molecule has 0 fully saturated rings. The SMILES string of the molecule is CN(C)c1cccc(C(C)(Sc2ccccc2)C(N)=O)c1. The van der Waals surface area contributed by atoms with Gasteiger partial charge in [-0.1, -0.05) is 30.3 Å². The molecule has 0 bridgehead atoms. The average Bonchev–Trinajstić information content (AvgIpc) is 2.48. The monoisotopic (exact) mass is 300 g/mol. The van der Waals surface area contributed by atoms with Gasteiger partial charge in [-0.3, -0.25) is 4.79 Å². The minimum Gasteiger partial charge on any atom is -0.378 e. The smallest absolute Gasteiger partial charge is 0.238 e. The second-order valence-electron chi connectivity index (χ2n) is 5.26. The maximum Gasteiger partial charge on any atom is 0.238 e. The first-order valence-corrected chi connectivity index (χ1v) is 7.57. The Kier molecular flexibility index (Phi) is 4.58. The highest BCUT2D eigenvalue weighted by Crippen LogP contribution is 2.41. The van der Waals surface area contributed by atoms with E-state index in [2.05, 4.69) is 0 Å². The number of nitrogens with two attached hydrogens (primary N) is 1. The molecule has 0 aliphatic carbocycles. The van der Waals surface area contributed by atoms with Crippen LogP contribution in [-0.2, 0) is 9.54 Å². The van der Waals surface area contributed by atoms with Crippen molar-refractivity contribution < 1.29 is 4.79 Å². The van der Waals surface area contributed by atoms with E-state index < -0.39 is 4.75 Å². The van der Waals surface area contributed by atoms with Gasteiger partial charge in [0.05, 0.1) is 0 Å². The van der Waals surface area contributed by atoms with Gasteiger partial charge < -0.3 is 10.6 Å². The van der Waals surface area contributed by atoms with Gasteiger partial charge in [-0.2, -0.15) is 0 Å². The number of rotatable bonds is 5. The molecule has 0 saturated heterocycles. The van der Waals surface area contributed by atoms with Crippen molar-refractivity contribution in [2.24, 2.45) is 5.73 Å². The van der Waals surface area contributed by atoms with Crippen molar-refractivity contribution in [3.05, 3.63) is 60.2 Å². The summed E-state index contributed by atoms with van der Waals surface area (Å²) in [7, 11) is 3.95. The predicted molar refractivity (Wildman–Crippen MR) is 89.6 cm³/mol. The Hall–Kier alpha value is -1.94. The van der Waals surface area contributed by atoms with E-state index in [1.807, 2.05) is 80.5 Å². The summed E-state index contributed by atoms with van der Waals surface area (Å²) in [5.41, 5.74) is 7.67. The van der Waals surface area contributed by atoms with Crippen molar-refractivity contribution >= 4 is 23.4 Å². The van der Waals surface area contributed by atoms with Crippen LogP contribution in [0.4, 0.5) is 5.69 Å². The summed E-state index contributed by atoms with van der Waals surface area (Å²) in [6.07, 6.45) is 0. The number of hydrogen-bond acceptors (Lipinski definition) is 3. The summed E-state index contributed by atoms with van der Waals surface area (Å²) >= 11 is 1.48. The zero-order chi connectivity index (χ0) is 15.5. The quantitative estimate of drug-likeness (QED) is 0.862. The van der Waals surface area contributed by atoms with Gasteiger partial charge in [0.1, 0.15) is 4.75 Å². The molecule has 2 aromatic rings. The molecule has 0 aliphatic rings. The third-order valence-corrected chi connectivity index (χ3v) is 4.80. The van der Waals surface area contributed by atoms with Crippen molar-refractivity contribution in [2.75, 3.05) is 19.0 Å². The number of anilines is 1. The van der Waals surface area contributed by atoms with Crippen molar-refractivity contribution in [2.45, 2.75) is 16.6 Å². The highest BCUT2D eigenvalue weighted by atomic mass is 32.2. The molecule has 2 aromatic carbocycles. The molecule has 2 N–H and O–H groups in total. The molecule has 0 spiro atoms. The number of carbonyl (C=O) groups is 1. The lowest BCUT2D eigenvalue weighted by Gasteiger charge is -2.27. The van der Waals surface area contributed by atoms with E-state index in [4.69, 9.17) is 5.73 Å². The zero-order valence-corrected chi connectivity index (χ0v) is 13.4. The minimum atomic E-state index is -0.798. The normalized spacial score (nSPS) is 13.5. The highest BCUT2D eigenvalue weighted by Gasteiger charge is 2.34. The number of primary amides is 1. The lowest BCUT2D eigenvalue weighted by Crippen LogP contribution is -2.35. The van der Waals surface area contributed by atoms with Gasteiger partial charge in [-0.25, -0.2) is 0 Å². The first kappa shape index (κ1) is 15.4. The molecule has 3 nitrogen and oxygen atoms in total. The van der Waals surface area contributed by atoms with E-state index in [0.717, 1.165) is 16.1 Å². The summed E-state index contributed by atoms with van der Waals surface area (Å²) in [6, 6.07) is 17.8. The number of nitrogens with zero attached hydrogens (tertiary/aromatic N) is 1. The Morgan fingerprint density at radius 2 is 1.76 bits per heavy atom. The van der Waals surface area contributed by atoms with Crippen molar-refractivity contribution in [1.29, 1.82) is 0 Å². The van der Waals surface area contributed by atoms with Crippen LogP contribution in [0.5, 0.6) is 0 Å². The molecule has 2 rings (SSSR count). The van der Waals surface area contributed by atoms with E-state index in [1.54, 1.807) is 0 Å². The van der Waals surface area contributed by atoms with Crippen LogP contribution in [-0.4, -0.2) is 20.0 Å². The van der Waals surface area contributed by atoms with Crippen LogP contribution in [0.2, 0.25) is 0 Å². The Morgan fingerprint density at radius 3 is 2.33 bits per heavy atom. The lowest BCUT2D eigenvalue weighted by molar-refractivity contribution is -0.120. The van der Waals surface area contributed by atoms with Gasteiger partial charge in [0.15, 0.2) is 0 Å². The lowest BCUT2D eigenvalue weighted by atomic mass is 9.99. The first-order chi connectivity index (χ1) is 9.93. The number of hydrogen-bond donors (Lipinski definition) is 1. The molecule has 0 radical (unpaired) electrons. The molecule has 0 aromatic heterocycles. The predicted octanol–water partition coefficient (Wildman–Crippen LogP) is 3.25. The molecule has 0 aliphatic heterocycles. The third-order valence-electron chi connectivity index (χ3n) is 3.45.